The van der Waals surface area contributed by atoms with Crippen LogP contribution < -0.4 is 15.2 Å². The van der Waals surface area contributed by atoms with Gasteiger partial charge in [-0.05, 0) is 62.3 Å². The lowest BCUT2D eigenvalue weighted by molar-refractivity contribution is 0.0976. The molecule has 228 valence electrons. The van der Waals surface area contributed by atoms with Crippen molar-refractivity contribution in [3.05, 3.63) is 51.8 Å². The first-order valence-electron chi connectivity index (χ1n) is 14.0. The zero-order valence-corrected chi connectivity index (χ0v) is 26.9. The largest absolute Gasteiger partial charge is 0.497 e. The van der Waals surface area contributed by atoms with Gasteiger partial charge in [-0.3, -0.25) is 9.59 Å². The third-order valence-corrected chi connectivity index (χ3v) is 7.39. The fraction of sp³-hybridized carbons (Fsp3) is 0.531. The van der Waals surface area contributed by atoms with Crippen molar-refractivity contribution in [2.24, 2.45) is 17.6 Å². The number of benzene rings is 2. The van der Waals surface area contributed by atoms with Gasteiger partial charge in [0.1, 0.15) is 17.3 Å². The predicted molar refractivity (Wildman–Crippen MR) is 166 cm³/mol. The van der Waals surface area contributed by atoms with E-state index in [1.165, 1.54) is 26.4 Å². The zero-order valence-electron chi connectivity index (χ0n) is 26.1. The molecule has 0 bridgehead atoms. The molecule has 1 amide bonds. The van der Waals surface area contributed by atoms with Gasteiger partial charge in [-0.25, -0.2) is 9.37 Å². The summed E-state index contributed by atoms with van der Waals surface area (Å²) in [6.45, 7) is 13.3. The maximum absolute atomic E-state index is 13.2. The van der Waals surface area contributed by atoms with Gasteiger partial charge < -0.3 is 19.9 Å². The molecule has 9 heteroatoms. The van der Waals surface area contributed by atoms with Gasteiger partial charge >= 0.3 is 0 Å². The number of fused-ring (bicyclic) bond motifs is 1. The number of carbonyl (C=O) groups excluding carboxylic acids is 2. The van der Waals surface area contributed by atoms with Crippen molar-refractivity contribution < 1.29 is 28.2 Å². The summed E-state index contributed by atoms with van der Waals surface area (Å²) in [5, 5.41) is 0.971. The van der Waals surface area contributed by atoms with E-state index in [-0.39, 0.29) is 11.3 Å². The van der Waals surface area contributed by atoms with Crippen molar-refractivity contribution in [1.29, 1.82) is 0 Å². The van der Waals surface area contributed by atoms with E-state index in [4.69, 9.17) is 19.9 Å². The number of carbonyl (C=O) groups is 2. The highest BCUT2D eigenvalue weighted by atomic mass is 32.1. The number of rotatable bonds is 12. The number of Topliss-reactive ketones (excluding diaryl/α,β-unsaturated/α-hetero) is 1. The normalized spacial score (nSPS) is 12.0. The highest BCUT2D eigenvalue weighted by Gasteiger charge is 2.18. The number of ether oxygens (including phenoxy) is 3. The maximum atomic E-state index is 13.2. The Labute approximate surface area is 248 Å². The summed E-state index contributed by atoms with van der Waals surface area (Å²) < 4.78 is 29.3. The van der Waals surface area contributed by atoms with Gasteiger partial charge in [0, 0.05) is 26.2 Å². The number of aryl methyl sites for hydroxylation is 2. The van der Waals surface area contributed by atoms with Crippen molar-refractivity contribution in [1.82, 2.24) is 4.98 Å². The fourth-order valence-corrected chi connectivity index (χ4v) is 5.64. The number of hydrogen-bond donors (Lipinski definition) is 1. The zero-order chi connectivity index (χ0) is 31.1. The Balaban J connectivity index is 0.000000317. The molecule has 2 N–H and O–H groups in total. The number of hydrogen-bond acceptors (Lipinski definition) is 7. The first-order valence-corrected chi connectivity index (χ1v) is 14.9. The number of nitrogens with two attached hydrogens (primary N) is 1. The molecular weight excluding hydrogens is 543 g/mol. The predicted octanol–water partition coefficient (Wildman–Crippen LogP) is 7.93. The SMILES string of the molecule is CCCC(=O)c1c(OC)ccc2nc(C)sc12.CCCC(C)CC(C)COC.COc1cc(C)c(C(N)=O)c(F)c1. The summed E-state index contributed by atoms with van der Waals surface area (Å²) in [4.78, 5) is 27.3. The Morgan fingerprint density at radius 1 is 1.00 bits per heavy atom. The van der Waals surface area contributed by atoms with Crippen LogP contribution in [0.25, 0.3) is 10.2 Å². The fourth-order valence-electron chi connectivity index (χ4n) is 4.66. The molecular formula is C32H47FN2O5S. The molecule has 1 aromatic heterocycles. The Morgan fingerprint density at radius 3 is 2.20 bits per heavy atom. The lowest BCUT2D eigenvalue weighted by Gasteiger charge is -2.15. The Kier molecular flexibility index (Phi) is 16.2. The quantitative estimate of drug-likeness (QED) is 0.215. The van der Waals surface area contributed by atoms with E-state index in [2.05, 4.69) is 25.8 Å². The second kappa shape index (κ2) is 18.4. The van der Waals surface area contributed by atoms with Crippen LogP contribution in [0, 0.1) is 31.5 Å². The van der Waals surface area contributed by atoms with Crippen LogP contribution in [0.4, 0.5) is 4.39 Å². The number of aromatic nitrogens is 1. The molecule has 2 unspecified atom stereocenters. The number of primary amides is 1. The summed E-state index contributed by atoms with van der Waals surface area (Å²) >= 11 is 1.55. The molecule has 0 saturated carbocycles. The molecule has 3 aromatic rings. The van der Waals surface area contributed by atoms with E-state index in [0.29, 0.717) is 29.0 Å². The number of ketones is 1. The van der Waals surface area contributed by atoms with Gasteiger partial charge in [-0.15, -0.1) is 11.3 Å². The molecule has 3 rings (SSSR count). The first-order chi connectivity index (χ1) is 19.4. The van der Waals surface area contributed by atoms with Gasteiger partial charge in [0.2, 0.25) is 0 Å². The number of methoxy groups -OCH3 is 3. The van der Waals surface area contributed by atoms with E-state index >= 15 is 0 Å². The third-order valence-electron chi connectivity index (χ3n) is 6.38. The Morgan fingerprint density at radius 2 is 1.68 bits per heavy atom. The van der Waals surface area contributed by atoms with Crippen LogP contribution >= 0.6 is 11.3 Å². The molecule has 41 heavy (non-hydrogen) atoms. The molecule has 1 heterocycles. The smallest absolute Gasteiger partial charge is 0.251 e. The molecule has 0 saturated heterocycles. The monoisotopic (exact) mass is 590 g/mol. The number of nitrogens with zero attached hydrogens (tertiary/aromatic N) is 1. The van der Waals surface area contributed by atoms with Crippen molar-refractivity contribution in [3.8, 4) is 11.5 Å². The Bertz CT molecular complexity index is 1230. The topological polar surface area (TPSA) is 101 Å². The first kappa shape index (κ1) is 36.0. The van der Waals surface area contributed by atoms with Crippen LogP contribution in [-0.4, -0.2) is 44.6 Å². The van der Waals surface area contributed by atoms with Gasteiger partial charge in [-0.1, -0.05) is 40.5 Å². The molecule has 0 spiro atoms. The maximum Gasteiger partial charge on any atom is 0.251 e. The Hall–Kier alpha value is -3.04. The summed E-state index contributed by atoms with van der Waals surface area (Å²) in [6, 6.07) is 6.42. The van der Waals surface area contributed by atoms with Crippen molar-refractivity contribution in [3.63, 3.8) is 0 Å². The molecule has 0 aliphatic carbocycles. The van der Waals surface area contributed by atoms with Gasteiger partial charge in [0.05, 0.1) is 40.6 Å². The van der Waals surface area contributed by atoms with Crippen LogP contribution in [0.2, 0.25) is 0 Å². The molecule has 0 fully saturated rings. The number of amides is 1. The summed E-state index contributed by atoms with van der Waals surface area (Å²) in [7, 11) is 4.80. The highest BCUT2D eigenvalue weighted by molar-refractivity contribution is 7.19. The van der Waals surface area contributed by atoms with E-state index in [9.17, 15) is 14.0 Å². The minimum atomic E-state index is -0.766. The molecule has 2 atom stereocenters. The van der Waals surface area contributed by atoms with Crippen LogP contribution in [-0.2, 0) is 4.74 Å². The van der Waals surface area contributed by atoms with E-state index in [0.717, 1.165) is 46.2 Å². The van der Waals surface area contributed by atoms with Crippen LogP contribution in [0.3, 0.4) is 0 Å². The minimum absolute atomic E-state index is 0.0826. The molecule has 0 aliphatic heterocycles. The van der Waals surface area contributed by atoms with Crippen molar-refractivity contribution >= 4 is 33.2 Å². The highest BCUT2D eigenvalue weighted by Crippen LogP contribution is 2.33. The number of halogens is 1. The van der Waals surface area contributed by atoms with Crippen molar-refractivity contribution in [2.75, 3.05) is 27.9 Å². The van der Waals surface area contributed by atoms with Gasteiger partial charge in [-0.2, -0.15) is 0 Å². The van der Waals surface area contributed by atoms with Crippen LogP contribution in [0.5, 0.6) is 11.5 Å². The molecule has 0 aliphatic rings. The van der Waals surface area contributed by atoms with Crippen LogP contribution in [0.1, 0.15) is 91.1 Å². The third kappa shape index (κ3) is 11.4. The number of thiazole rings is 1. The molecule has 0 radical (unpaired) electrons. The van der Waals surface area contributed by atoms with Gasteiger partial charge in [0.15, 0.2) is 5.78 Å². The molecule has 2 aromatic carbocycles. The van der Waals surface area contributed by atoms with E-state index < -0.39 is 11.7 Å². The second-order valence-corrected chi connectivity index (χ2v) is 11.5. The average Bonchev–Trinajstić information content (AvgIpc) is 3.28. The average molecular weight is 591 g/mol. The summed E-state index contributed by atoms with van der Waals surface area (Å²) in [6.07, 6.45) is 5.36. The van der Waals surface area contributed by atoms with Crippen LogP contribution in [0.15, 0.2) is 24.3 Å². The second-order valence-electron chi connectivity index (χ2n) is 10.3. The van der Waals surface area contributed by atoms with Crippen molar-refractivity contribution in [2.45, 2.75) is 73.6 Å². The van der Waals surface area contributed by atoms with E-state index in [1.807, 2.05) is 26.0 Å². The standard InChI is InChI=1S/C13H15NO2S.C10H22O.C9H10FNO2/c1-4-5-10(15)12-11(16-3)7-6-9-13(12)17-8(2)14-9;1-5-6-9(2)7-10(3)8-11-4;1-5-3-6(13-2)4-7(10)8(5)9(11)12/h6-7H,4-5H2,1-3H3;9-10H,5-8H2,1-4H3;3-4H,1-2H3,(H2,11,12). The molecule has 7 nitrogen and oxygen atoms in total. The minimum Gasteiger partial charge on any atom is -0.497 e. The van der Waals surface area contributed by atoms with Gasteiger partial charge in [0.25, 0.3) is 5.91 Å². The summed E-state index contributed by atoms with van der Waals surface area (Å²) in [5.41, 5.74) is 6.96. The summed E-state index contributed by atoms with van der Waals surface area (Å²) in [5.74, 6) is 1.34. The van der Waals surface area contributed by atoms with E-state index in [1.54, 1.807) is 38.5 Å². The lowest BCUT2D eigenvalue weighted by atomic mass is 9.94. The lowest BCUT2D eigenvalue weighted by Crippen LogP contribution is -2.15.